The molecule has 0 unspecified atom stereocenters. The lowest BCUT2D eigenvalue weighted by Gasteiger charge is -2.39. The van der Waals surface area contributed by atoms with Gasteiger partial charge < -0.3 is 19.7 Å². The number of imidazole rings is 1. The van der Waals surface area contributed by atoms with Gasteiger partial charge in [-0.3, -0.25) is 4.79 Å². The fourth-order valence-corrected chi connectivity index (χ4v) is 3.64. The molecule has 1 N–H and O–H groups in total. The Morgan fingerprint density at radius 2 is 1.81 bits per heavy atom. The van der Waals surface area contributed by atoms with E-state index in [0.29, 0.717) is 17.8 Å². The lowest BCUT2D eigenvalue weighted by molar-refractivity contribution is 0.0706. The van der Waals surface area contributed by atoms with E-state index in [1.807, 2.05) is 23.9 Å². The van der Waals surface area contributed by atoms with Gasteiger partial charge >= 0.3 is 0 Å². The molecule has 1 amide bonds. The Balaban J connectivity index is 1.46. The maximum Gasteiger partial charge on any atom is 0.271 e. The summed E-state index contributed by atoms with van der Waals surface area (Å²) in [6.07, 6.45) is 9.14. The second-order valence-electron chi connectivity index (χ2n) is 7.26. The van der Waals surface area contributed by atoms with Crippen LogP contribution >= 0.6 is 0 Å². The summed E-state index contributed by atoms with van der Waals surface area (Å²) in [6, 6.07) is 3.05. The van der Waals surface area contributed by atoms with Crippen LogP contribution < -0.4 is 9.80 Å². The highest BCUT2D eigenvalue weighted by Gasteiger charge is 2.37. The third-order valence-corrected chi connectivity index (χ3v) is 5.17. The number of anilines is 2. The van der Waals surface area contributed by atoms with Crippen molar-refractivity contribution in [3.8, 4) is 0 Å². The van der Waals surface area contributed by atoms with Gasteiger partial charge in [0.25, 0.3) is 5.91 Å². The third kappa shape index (κ3) is 3.36. The molecule has 8 nitrogen and oxygen atoms in total. The van der Waals surface area contributed by atoms with E-state index < -0.39 is 0 Å². The van der Waals surface area contributed by atoms with Crippen molar-refractivity contribution in [1.82, 2.24) is 24.8 Å². The van der Waals surface area contributed by atoms with Crippen LogP contribution in [0.25, 0.3) is 0 Å². The summed E-state index contributed by atoms with van der Waals surface area (Å²) in [4.78, 5) is 34.6. The molecule has 0 bridgehead atoms. The van der Waals surface area contributed by atoms with Crippen molar-refractivity contribution in [2.24, 2.45) is 0 Å². The van der Waals surface area contributed by atoms with Crippen LogP contribution in [-0.2, 0) is 0 Å². The minimum absolute atomic E-state index is 0.0378. The number of hydrogen-bond acceptors (Lipinski definition) is 6. The van der Waals surface area contributed by atoms with Crippen LogP contribution in [0.4, 0.5) is 11.6 Å². The molecule has 2 fully saturated rings. The highest BCUT2D eigenvalue weighted by Crippen LogP contribution is 2.36. The summed E-state index contributed by atoms with van der Waals surface area (Å²) >= 11 is 0. The molecule has 1 aliphatic carbocycles. The number of aromatic nitrogens is 4. The molecule has 1 saturated heterocycles. The van der Waals surface area contributed by atoms with Gasteiger partial charge in [-0.05, 0) is 25.7 Å². The van der Waals surface area contributed by atoms with Crippen LogP contribution in [0.3, 0.4) is 0 Å². The normalized spacial score (nSPS) is 18.0. The first kappa shape index (κ1) is 16.8. The number of hydrogen-bond donors (Lipinski definition) is 1. The smallest absolute Gasteiger partial charge is 0.271 e. The minimum atomic E-state index is 0.0378. The van der Waals surface area contributed by atoms with E-state index in [9.17, 15) is 4.79 Å². The zero-order valence-electron chi connectivity index (χ0n) is 15.3. The van der Waals surface area contributed by atoms with E-state index in [2.05, 4.69) is 30.9 Å². The van der Waals surface area contributed by atoms with Crippen molar-refractivity contribution in [3.63, 3.8) is 0 Å². The molecule has 1 saturated carbocycles. The predicted molar refractivity (Wildman–Crippen MR) is 99.4 cm³/mol. The molecule has 0 spiro atoms. The van der Waals surface area contributed by atoms with E-state index in [1.165, 1.54) is 12.8 Å². The number of carbonyl (C=O) groups excluding carboxylic acids is 1. The molecule has 0 radical (unpaired) electrons. The Bertz CT molecular complexity index is 749. The zero-order valence-corrected chi connectivity index (χ0v) is 15.3. The number of H-pyrrole nitrogens is 1. The van der Waals surface area contributed by atoms with Crippen LogP contribution in [-0.4, -0.2) is 70.0 Å². The average molecular weight is 355 g/mol. The van der Waals surface area contributed by atoms with Crippen LogP contribution in [0.15, 0.2) is 24.9 Å². The molecule has 2 aromatic heterocycles. The summed E-state index contributed by atoms with van der Waals surface area (Å²) in [5, 5.41) is 0. The first-order chi connectivity index (χ1) is 12.6. The van der Waals surface area contributed by atoms with Gasteiger partial charge in [-0.2, -0.15) is 0 Å². The van der Waals surface area contributed by atoms with Crippen LogP contribution in [0, 0.1) is 0 Å². The molecule has 0 atom stereocenters. The molecule has 0 aromatic carbocycles. The van der Waals surface area contributed by atoms with E-state index in [-0.39, 0.29) is 5.91 Å². The second kappa shape index (κ2) is 6.93. The van der Waals surface area contributed by atoms with Crippen LogP contribution in [0.2, 0.25) is 0 Å². The minimum Gasteiger partial charge on any atom is -0.363 e. The predicted octanol–water partition coefficient (Wildman–Crippen LogP) is 1.54. The summed E-state index contributed by atoms with van der Waals surface area (Å²) < 4.78 is 0. The SMILES string of the molecule is CN(C)c1cc(N(C2CC2)C2CCN(C(=O)c3cnc[nH]3)CC2)ncn1. The summed E-state index contributed by atoms with van der Waals surface area (Å²) in [7, 11) is 3.99. The molecule has 4 rings (SSSR count). The molecule has 26 heavy (non-hydrogen) atoms. The number of rotatable bonds is 5. The summed E-state index contributed by atoms with van der Waals surface area (Å²) in [6.45, 7) is 1.52. The first-order valence-electron chi connectivity index (χ1n) is 9.19. The third-order valence-electron chi connectivity index (χ3n) is 5.17. The number of likely N-dealkylation sites (tertiary alicyclic amines) is 1. The van der Waals surface area contributed by atoms with Gasteiger partial charge in [0.2, 0.25) is 0 Å². The van der Waals surface area contributed by atoms with Gasteiger partial charge in [-0.1, -0.05) is 0 Å². The van der Waals surface area contributed by atoms with Crippen molar-refractivity contribution in [2.45, 2.75) is 37.8 Å². The first-order valence-corrected chi connectivity index (χ1v) is 9.19. The Hall–Kier alpha value is -2.64. The molecule has 138 valence electrons. The topological polar surface area (TPSA) is 81.2 Å². The Morgan fingerprint density at radius 3 is 2.42 bits per heavy atom. The van der Waals surface area contributed by atoms with E-state index in [4.69, 9.17) is 0 Å². The standard InChI is InChI=1S/C18H25N7O/c1-23(2)16-9-17(22-12-21-16)25(13-3-4-13)14-5-7-24(8-6-14)18(26)15-10-19-11-20-15/h9-14H,3-8H2,1-2H3,(H,19,20). The Labute approximate surface area is 153 Å². The molecular formula is C18H25N7O. The highest BCUT2D eigenvalue weighted by atomic mass is 16.2. The number of nitrogens with zero attached hydrogens (tertiary/aromatic N) is 6. The molecular weight excluding hydrogens is 330 g/mol. The van der Waals surface area contributed by atoms with Gasteiger partial charge in [0, 0.05) is 45.3 Å². The maximum atomic E-state index is 12.5. The van der Waals surface area contributed by atoms with Gasteiger partial charge in [0.05, 0.1) is 12.5 Å². The fraction of sp³-hybridized carbons (Fsp3) is 0.556. The maximum absolute atomic E-state index is 12.5. The van der Waals surface area contributed by atoms with Gasteiger partial charge in [-0.25, -0.2) is 15.0 Å². The van der Waals surface area contributed by atoms with Crippen molar-refractivity contribution < 1.29 is 4.79 Å². The number of carbonyl (C=O) groups is 1. The van der Waals surface area contributed by atoms with Gasteiger partial charge in [0.15, 0.2) is 0 Å². The fourth-order valence-electron chi connectivity index (χ4n) is 3.64. The summed E-state index contributed by atoms with van der Waals surface area (Å²) in [5.74, 6) is 1.97. The monoisotopic (exact) mass is 355 g/mol. The Kier molecular flexibility index (Phi) is 4.48. The van der Waals surface area contributed by atoms with Gasteiger partial charge in [0.1, 0.15) is 23.7 Å². The van der Waals surface area contributed by atoms with E-state index >= 15 is 0 Å². The van der Waals surface area contributed by atoms with Crippen molar-refractivity contribution in [1.29, 1.82) is 0 Å². The number of aromatic amines is 1. The molecule has 3 heterocycles. The van der Waals surface area contributed by atoms with E-state index in [1.54, 1.807) is 18.9 Å². The number of nitrogens with one attached hydrogen (secondary N) is 1. The molecule has 1 aliphatic heterocycles. The Morgan fingerprint density at radius 1 is 1.12 bits per heavy atom. The largest absolute Gasteiger partial charge is 0.363 e. The summed E-state index contributed by atoms with van der Waals surface area (Å²) in [5.41, 5.74) is 0.564. The van der Waals surface area contributed by atoms with Crippen LogP contribution in [0.5, 0.6) is 0 Å². The van der Waals surface area contributed by atoms with Gasteiger partial charge in [-0.15, -0.1) is 0 Å². The van der Waals surface area contributed by atoms with Crippen LogP contribution in [0.1, 0.15) is 36.2 Å². The molecule has 2 aliphatic rings. The number of piperidine rings is 1. The van der Waals surface area contributed by atoms with Crippen molar-refractivity contribution in [3.05, 3.63) is 30.6 Å². The molecule has 2 aromatic rings. The molecule has 8 heteroatoms. The lowest BCUT2D eigenvalue weighted by Crippen LogP contribution is -2.48. The lowest BCUT2D eigenvalue weighted by atomic mass is 10.0. The zero-order chi connectivity index (χ0) is 18.1. The van der Waals surface area contributed by atoms with Crippen molar-refractivity contribution >= 4 is 17.5 Å². The van der Waals surface area contributed by atoms with Crippen molar-refractivity contribution in [2.75, 3.05) is 37.0 Å². The number of amides is 1. The van der Waals surface area contributed by atoms with E-state index in [0.717, 1.165) is 37.6 Å². The average Bonchev–Trinajstić information content (AvgIpc) is 3.33. The quantitative estimate of drug-likeness (QED) is 0.876. The highest BCUT2D eigenvalue weighted by molar-refractivity contribution is 5.92. The second-order valence-corrected chi connectivity index (χ2v) is 7.26.